The van der Waals surface area contributed by atoms with Crippen molar-refractivity contribution in [3.63, 3.8) is 0 Å². The highest BCUT2D eigenvalue weighted by atomic mass is 16.5. The third kappa shape index (κ3) is 3.22. The van der Waals surface area contributed by atoms with Crippen LogP contribution in [0.1, 0.15) is 0 Å². The predicted octanol–water partition coefficient (Wildman–Crippen LogP) is 0.799. The number of carbonyl (C=O) groups excluding carboxylic acids is 1. The van der Waals surface area contributed by atoms with E-state index in [-0.39, 0.29) is 12.5 Å². The van der Waals surface area contributed by atoms with Crippen LogP contribution in [0.2, 0.25) is 0 Å². The fourth-order valence-corrected chi connectivity index (χ4v) is 2.54. The van der Waals surface area contributed by atoms with E-state index in [1.165, 1.54) is 0 Å². The molecule has 0 saturated carbocycles. The monoisotopic (exact) mass is 328 g/mol. The number of carbonyl (C=O) groups is 1. The standard InChI is InChI=1S/C16H20N6O2/c1-20(2)13-5-7-18-16(19-13)21-8-9-22(15(23)11-21)12-4-6-17-14(10-12)24-3/h4-7,10H,8-9,11H2,1-3H3. The van der Waals surface area contributed by atoms with Gasteiger partial charge in [0.25, 0.3) is 0 Å². The van der Waals surface area contributed by atoms with Crippen molar-refractivity contribution in [3.8, 4) is 5.88 Å². The fourth-order valence-electron chi connectivity index (χ4n) is 2.54. The summed E-state index contributed by atoms with van der Waals surface area (Å²) in [5.41, 5.74) is 0.787. The second-order valence-corrected chi connectivity index (χ2v) is 5.63. The van der Waals surface area contributed by atoms with E-state index in [0.29, 0.717) is 24.9 Å². The molecule has 1 aliphatic rings. The highest BCUT2D eigenvalue weighted by molar-refractivity contribution is 5.97. The number of ether oxygens (including phenoxy) is 1. The van der Waals surface area contributed by atoms with Crippen molar-refractivity contribution in [1.29, 1.82) is 0 Å². The van der Waals surface area contributed by atoms with Gasteiger partial charge in [0.1, 0.15) is 12.4 Å². The van der Waals surface area contributed by atoms with E-state index in [2.05, 4.69) is 15.0 Å². The van der Waals surface area contributed by atoms with E-state index in [1.54, 1.807) is 36.5 Å². The fraction of sp³-hybridized carbons (Fsp3) is 0.375. The molecule has 0 aromatic carbocycles. The Morgan fingerprint density at radius 2 is 1.96 bits per heavy atom. The van der Waals surface area contributed by atoms with E-state index in [4.69, 9.17) is 4.74 Å². The molecule has 0 spiro atoms. The Balaban J connectivity index is 1.75. The summed E-state index contributed by atoms with van der Waals surface area (Å²) in [6.45, 7) is 1.45. The van der Waals surface area contributed by atoms with Gasteiger partial charge in [-0.15, -0.1) is 0 Å². The van der Waals surface area contributed by atoms with Crippen molar-refractivity contribution >= 4 is 23.4 Å². The van der Waals surface area contributed by atoms with Crippen LogP contribution in [0, 0.1) is 0 Å². The molecule has 3 rings (SSSR count). The first-order valence-corrected chi connectivity index (χ1v) is 7.64. The smallest absolute Gasteiger partial charge is 0.246 e. The van der Waals surface area contributed by atoms with Crippen LogP contribution in [0.25, 0.3) is 0 Å². The lowest BCUT2D eigenvalue weighted by Crippen LogP contribution is -2.51. The molecular weight excluding hydrogens is 308 g/mol. The van der Waals surface area contributed by atoms with Gasteiger partial charge in [0.05, 0.1) is 12.8 Å². The van der Waals surface area contributed by atoms with E-state index in [0.717, 1.165) is 11.5 Å². The van der Waals surface area contributed by atoms with Crippen molar-refractivity contribution in [2.45, 2.75) is 0 Å². The van der Waals surface area contributed by atoms with Crippen molar-refractivity contribution in [2.24, 2.45) is 0 Å². The molecule has 1 fully saturated rings. The molecule has 3 heterocycles. The van der Waals surface area contributed by atoms with Gasteiger partial charge < -0.3 is 19.4 Å². The maximum absolute atomic E-state index is 12.6. The molecule has 24 heavy (non-hydrogen) atoms. The molecule has 0 N–H and O–H groups in total. The lowest BCUT2D eigenvalue weighted by molar-refractivity contribution is -0.117. The normalized spacial score (nSPS) is 14.7. The van der Waals surface area contributed by atoms with Crippen molar-refractivity contribution < 1.29 is 9.53 Å². The number of piperazine rings is 1. The second-order valence-electron chi connectivity index (χ2n) is 5.63. The van der Waals surface area contributed by atoms with Gasteiger partial charge in [-0.05, 0) is 12.1 Å². The molecule has 0 bridgehead atoms. The van der Waals surface area contributed by atoms with Crippen molar-refractivity contribution in [2.75, 3.05) is 55.5 Å². The molecular formula is C16H20N6O2. The topological polar surface area (TPSA) is 74.7 Å². The number of pyridine rings is 1. The molecule has 0 unspecified atom stereocenters. The maximum atomic E-state index is 12.6. The summed E-state index contributed by atoms with van der Waals surface area (Å²) in [5, 5.41) is 0. The van der Waals surface area contributed by atoms with Gasteiger partial charge >= 0.3 is 0 Å². The SMILES string of the molecule is COc1cc(N2CCN(c3nccc(N(C)C)n3)CC2=O)ccn1. The minimum absolute atomic E-state index is 0.00615. The first kappa shape index (κ1) is 16.0. The number of aromatic nitrogens is 3. The number of anilines is 3. The highest BCUT2D eigenvalue weighted by Gasteiger charge is 2.27. The number of nitrogens with zero attached hydrogens (tertiary/aromatic N) is 6. The minimum atomic E-state index is -0.00615. The van der Waals surface area contributed by atoms with Crippen LogP contribution in [-0.2, 0) is 4.79 Å². The number of rotatable bonds is 4. The number of amides is 1. The predicted molar refractivity (Wildman–Crippen MR) is 91.7 cm³/mol. The summed E-state index contributed by atoms with van der Waals surface area (Å²) >= 11 is 0. The van der Waals surface area contributed by atoms with Crippen LogP contribution in [0.3, 0.4) is 0 Å². The van der Waals surface area contributed by atoms with Gasteiger partial charge in [-0.2, -0.15) is 4.98 Å². The molecule has 1 saturated heterocycles. The van der Waals surface area contributed by atoms with Gasteiger partial charge in [0, 0.05) is 45.6 Å². The first-order valence-electron chi connectivity index (χ1n) is 7.64. The third-order valence-electron chi connectivity index (χ3n) is 3.83. The first-order chi connectivity index (χ1) is 11.6. The number of methoxy groups -OCH3 is 1. The molecule has 126 valence electrons. The molecule has 2 aromatic heterocycles. The van der Waals surface area contributed by atoms with E-state index in [9.17, 15) is 4.79 Å². The van der Waals surface area contributed by atoms with E-state index < -0.39 is 0 Å². The van der Waals surface area contributed by atoms with Crippen molar-refractivity contribution in [3.05, 3.63) is 30.6 Å². The molecule has 2 aromatic rings. The van der Waals surface area contributed by atoms with Gasteiger partial charge in [-0.3, -0.25) is 4.79 Å². The number of hydrogen-bond acceptors (Lipinski definition) is 7. The Kier molecular flexibility index (Phi) is 4.45. The van der Waals surface area contributed by atoms with E-state index in [1.807, 2.05) is 30.0 Å². The largest absolute Gasteiger partial charge is 0.481 e. The zero-order chi connectivity index (χ0) is 17.1. The van der Waals surface area contributed by atoms with Gasteiger partial charge in [0.15, 0.2) is 0 Å². The Bertz CT molecular complexity index is 736. The Hall–Kier alpha value is -2.90. The second kappa shape index (κ2) is 6.69. The zero-order valence-electron chi connectivity index (χ0n) is 14.0. The van der Waals surface area contributed by atoms with Gasteiger partial charge in [0.2, 0.25) is 17.7 Å². The van der Waals surface area contributed by atoms with Crippen LogP contribution in [-0.4, -0.2) is 61.7 Å². The zero-order valence-corrected chi connectivity index (χ0v) is 14.0. The average molecular weight is 328 g/mol. The minimum Gasteiger partial charge on any atom is -0.481 e. The van der Waals surface area contributed by atoms with Crippen LogP contribution in [0.15, 0.2) is 30.6 Å². The van der Waals surface area contributed by atoms with Crippen LogP contribution < -0.4 is 19.4 Å². The van der Waals surface area contributed by atoms with Gasteiger partial charge in [-0.25, -0.2) is 9.97 Å². The van der Waals surface area contributed by atoms with Crippen molar-refractivity contribution in [1.82, 2.24) is 15.0 Å². The molecule has 0 aliphatic carbocycles. The summed E-state index contributed by atoms with van der Waals surface area (Å²) in [4.78, 5) is 30.9. The average Bonchev–Trinajstić information content (AvgIpc) is 2.61. The Labute approximate surface area is 140 Å². The van der Waals surface area contributed by atoms with Crippen LogP contribution >= 0.6 is 0 Å². The lowest BCUT2D eigenvalue weighted by atomic mass is 10.2. The molecule has 0 atom stereocenters. The Morgan fingerprint density at radius 3 is 2.67 bits per heavy atom. The third-order valence-corrected chi connectivity index (χ3v) is 3.83. The molecule has 1 amide bonds. The number of hydrogen-bond donors (Lipinski definition) is 0. The molecule has 1 aliphatic heterocycles. The summed E-state index contributed by atoms with van der Waals surface area (Å²) < 4.78 is 5.12. The molecule has 8 heteroatoms. The van der Waals surface area contributed by atoms with E-state index >= 15 is 0 Å². The summed E-state index contributed by atoms with van der Waals surface area (Å²) in [7, 11) is 5.40. The highest BCUT2D eigenvalue weighted by Crippen LogP contribution is 2.22. The van der Waals surface area contributed by atoms with Crippen LogP contribution in [0.4, 0.5) is 17.5 Å². The quantitative estimate of drug-likeness (QED) is 0.822. The molecule has 8 nitrogen and oxygen atoms in total. The van der Waals surface area contributed by atoms with Crippen LogP contribution in [0.5, 0.6) is 5.88 Å². The Morgan fingerprint density at radius 1 is 1.17 bits per heavy atom. The lowest BCUT2D eigenvalue weighted by Gasteiger charge is -2.34. The summed E-state index contributed by atoms with van der Waals surface area (Å²) in [6.07, 6.45) is 3.35. The summed E-state index contributed by atoms with van der Waals surface area (Å²) in [6, 6.07) is 5.40. The maximum Gasteiger partial charge on any atom is 0.246 e. The molecule has 0 radical (unpaired) electrons. The summed E-state index contributed by atoms with van der Waals surface area (Å²) in [5.74, 6) is 1.87. The van der Waals surface area contributed by atoms with Gasteiger partial charge in [-0.1, -0.05) is 0 Å².